The van der Waals surface area contributed by atoms with Crippen LogP contribution in [0.4, 0.5) is 5.82 Å². The summed E-state index contributed by atoms with van der Waals surface area (Å²) in [4.78, 5) is 13.3. The van der Waals surface area contributed by atoms with Gasteiger partial charge in [-0.15, -0.1) is 11.8 Å². The molecule has 1 aliphatic heterocycles. The van der Waals surface area contributed by atoms with Crippen LogP contribution >= 0.6 is 11.8 Å². The maximum absolute atomic E-state index is 12.1. The van der Waals surface area contributed by atoms with Crippen molar-refractivity contribution in [3.05, 3.63) is 65.7 Å². The van der Waals surface area contributed by atoms with Gasteiger partial charge in [0, 0.05) is 22.8 Å². The van der Waals surface area contributed by atoms with Gasteiger partial charge in [-0.3, -0.25) is 9.89 Å². The number of hydrogen-bond acceptors (Lipinski definition) is 3. The van der Waals surface area contributed by atoms with Gasteiger partial charge in [-0.1, -0.05) is 42.5 Å². The number of carbonyl (C=O) groups is 1. The van der Waals surface area contributed by atoms with Gasteiger partial charge in [0.25, 0.3) is 0 Å². The number of aromatic nitrogens is 2. The van der Waals surface area contributed by atoms with Crippen LogP contribution in [0, 0.1) is 0 Å². The van der Waals surface area contributed by atoms with Gasteiger partial charge in [-0.2, -0.15) is 5.10 Å². The van der Waals surface area contributed by atoms with Gasteiger partial charge in [-0.25, -0.2) is 0 Å². The van der Waals surface area contributed by atoms with Crippen molar-refractivity contribution >= 4 is 23.5 Å². The average Bonchev–Trinajstić information content (AvgIpc) is 3.05. The Kier molecular flexibility index (Phi) is 3.86. The largest absolute Gasteiger partial charge is 0.309 e. The molecule has 120 valence electrons. The molecule has 0 unspecified atom stereocenters. The van der Waals surface area contributed by atoms with E-state index in [1.165, 1.54) is 4.90 Å². The lowest BCUT2D eigenvalue weighted by Gasteiger charge is -2.23. The zero-order valence-corrected chi connectivity index (χ0v) is 14.1. The number of hydrogen-bond donors (Lipinski definition) is 2. The second kappa shape index (κ2) is 6.17. The number of fused-ring (bicyclic) bond motifs is 1. The van der Waals surface area contributed by atoms with E-state index in [1.807, 2.05) is 18.2 Å². The molecule has 0 aliphatic carbocycles. The predicted molar refractivity (Wildman–Crippen MR) is 97.3 cm³/mol. The summed E-state index contributed by atoms with van der Waals surface area (Å²) in [5.74, 6) is 0.662. The van der Waals surface area contributed by atoms with E-state index >= 15 is 0 Å². The fraction of sp³-hybridized carbons (Fsp3) is 0.158. The minimum absolute atomic E-state index is 0.00700. The van der Waals surface area contributed by atoms with E-state index in [0.717, 1.165) is 22.4 Å². The molecule has 0 bridgehead atoms. The zero-order valence-electron chi connectivity index (χ0n) is 13.2. The standard InChI is InChI=1S/C19H17N3OS/c1-24-14-9-7-12(8-10-14)15-11-16(23)20-19-17(15)18(21-22-19)13-5-3-2-4-6-13/h2-10,15H,11H2,1H3,(H2,20,21,22,23)/t15-/m0/s1. The van der Waals surface area contributed by atoms with Crippen LogP contribution in [-0.2, 0) is 4.79 Å². The quantitative estimate of drug-likeness (QED) is 0.703. The predicted octanol–water partition coefficient (Wildman–Crippen LogP) is 4.27. The maximum atomic E-state index is 12.1. The molecular weight excluding hydrogens is 318 g/mol. The molecule has 3 aromatic rings. The molecule has 1 aliphatic rings. The van der Waals surface area contributed by atoms with Crippen molar-refractivity contribution in [1.29, 1.82) is 0 Å². The van der Waals surface area contributed by atoms with E-state index in [4.69, 9.17) is 0 Å². The normalized spacial score (nSPS) is 16.5. The number of amides is 1. The fourth-order valence-electron chi connectivity index (χ4n) is 3.20. The van der Waals surface area contributed by atoms with Crippen LogP contribution in [0.2, 0.25) is 0 Å². The summed E-state index contributed by atoms with van der Waals surface area (Å²) in [5, 5.41) is 10.3. The van der Waals surface area contributed by atoms with Crippen molar-refractivity contribution in [2.24, 2.45) is 0 Å². The zero-order chi connectivity index (χ0) is 16.5. The van der Waals surface area contributed by atoms with E-state index in [9.17, 15) is 4.79 Å². The van der Waals surface area contributed by atoms with Crippen molar-refractivity contribution in [3.63, 3.8) is 0 Å². The third-order valence-electron chi connectivity index (χ3n) is 4.38. The monoisotopic (exact) mass is 335 g/mol. The highest BCUT2D eigenvalue weighted by molar-refractivity contribution is 7.98. The SMILES string of the molecule is CSc1ccc([C@@H]2CC(=O)Nc3n[nH]c(-c4ccccc4)c32)cc1. The Morgan fingerprint density at radius 3 is 2.54 bits per heavy atom. The number of nitrogens with zero attached hydrogens (tertiary/aromatic N) is 1. The third-order valence-corrected chi connectivity index (χ3v) is 5.12. The van der Waals surface area contributed by atoms with Gasteiger partial charge in [0.15, 0.2) is 5.82 Å². The van der Waals surface area contributed by atoms with Crippen LogP contribution in [0.3, 0.4) is 0 Å². The molecule has 1 aromatic heterocycles. The number of carbonyl (C=O) groups excluding carboxylic acids is 1. The van der Waals surface area contributed by atoms with E-state index in [0.29, 0.717) is 12.2 Å². The third kappa shape index (κ3) is 2.61. The summed E-state index contributed by atoms with van der Waals surface area (Å²) in [7, 11) is 0. The average molecular weight is 335 g/mol. The van der Waals surface area contributed by atoms with Crippen molar-refractivity contribution in [1.82, 2.24) is 10.2 Å². The molecule has 2 N–H and O–H groups in total. The number of benzene rings is 2. The Balaban J connectivity index is 1.83. The number of rotatable bonds is 3. The molecule has 2 aromatic carbocycles. The second-order valence-electron chi connectivity index (χ2n) is 5.80. The molecule has 4 rings (SSSR count). The molecule has 1 atom stereocenters. The lowest BCUT2D eigenvalue weighted by atomic mass is 9.84. The van der Waals surface area contributed by atoms with Crippen LogP contribution < -0.4 is 5.32 Å². The second-order valence-corrected chi connectivity index (χ2v) is 6.68. The summed E-state index contributed by atoms with van der Waals surface area (Å²) >= 11 is 1.71. The fourth-order valence-corrected chi connectivity index (χ4v) is 3.61. The minimum Gasteiger partial charge on any atom is -0.309 e. The molecule has 4 nitrogen and oxygen atoms in total. The summed E-state index contributed by atoms with van der Waals surface area (Å²) < 4.78 is 0. The van der Waals surface area contributed by atoms with Gasteiger partial charge in [0.1, 0.15) is 0 Å². The Morgan fingerprint density at radius 2 is 1.83 bits per heavy atom. The molecule has 0 radical (unpaired) electrons. The highest BCUT2D eigenvalue weighted by Crippen LogP contribution is 2.41. The number of aromatic amines is 1. The van der Waals surface area contributed by atoms with E-state index in [-0.39, 0.29) is 11.8 Å². The van der Waals surface area contributed by atoms with Gasteiger partial charge >= 0.3 is 0 Å². The van der Waals surface area contributed by atoms with Crippen LogP contribution in [0.25, 0.3) is 11.3 Å². The highest BCUT2D eigenvalue weighted by Gasteiger charge is 2.31. The first-order valence-corrected chi connectivity index (χ1v) is 9.06. The molecular formula is C19H17N3OS. The molecule has 0 spiro atoms. The Hall–Kier alpha value is -2.53. The van der Waals surface area contributed by atoms with E-state index in [1.54, 1.807) is 11.8 Å². The first kappa shape index (κ1) is 15.0. The number of thioether (sulfide) groups is 1. The number of H-pyrrole nitrogens is 1. The molecule has 0 saturated carbocycles. The highest BCUT2D eigenvalue weighted by atomic mass is 32.2. The first-order valence-electron chi connectivity index (χ1n) is 7.83. The van der Waals surface area contributed by atoms with Crippen LogP contribution in [0.15, 0.2) is 59.5 Å². The van der Waals surface area contributed by atoms with Crippen molar-refractivity contribution in [2.45, 2.75) is 17.2 Å². The van der Waals surface area contributed by atoms with Gasteiger partial charge in [0.2, 0.25) is 5.91 Å². The summed E-state index contributed by atoms with van der Waals surface area (Å²) in [6, 6.07) is 18.5. The summed E-state index contributed by atoms with van der Waals surface area (Å²) in [6.45, 7) is 0. The summed E-state index contributed by atoms with van der Waals surface area (Å²) in [5.41, 5.74) is 4.26. The molecule has 5 heteroatoms. The van der Waals surface area contributed by atoms with Crippen LogP contribution in [0.1, 0.15) is 23.5 Å². The van der Waals surface area contributed by atoms with E-state index in [2.05, 4.69) is 58.2 Å². The molecule has 0 saturated heterocycles. The van der Waals surface area contributed by atoms with Gasteiger partial charge in [-0.05, 0) is 29.5 Å². The number of anilines is 1. The van der Waals surface area contributed by atoms with Crippen molar-refractivity contribution < 1.29 is 4.79 Å². The van der Waals surface area contributed by atoms with E-state index < -0.39 is 0 Å². The Morgan fingerprint density at radius 1 is 1.08 bits per heavy atom. The topological polar surface area (TPSA) is 57.8 Å². The minimum atomic E-state index is 0.00700. The molecule has 2 heterocycles. The van der Waals surface area contributed by atoms with Gasteiger partial charge in [0.05, 0.1) is 5.69 Å². The number of nitrogens with one attached hydrogen (secondary N) is 2. The molecule has 1 amide bonds. The van der Waals surface area contributed by atoms with Crippen LogP contribution in [0.5, 0.6) is 0 Å². The molecule has 24 heavy (non-hydrogen) atoms. The van der Waals surface area contributed by atoms with Crippen molar-refractivity contribution in [3.8, 4) is 11.3 Å². The smallest absolute Gasteiger partial charge is 0.226 e. The lowest BCUT2D eigenvalue weighted by Crippen LogP contribution is -2.23. The Bertz CT molecular complexity index is 871. The molecule has 0 fully saturated rings. The first-order chi connectivity index (χ1) is 11.8. The van der Waals surface area contributed by atoms with Crippen LogP contribution in [-0.4, -0.2) is 22.4 Å². The lowest BCUT2D eigenvalue weighted by molar-refractivity contribution is -0.116. The Labute approximate surface area is 144 Å². The summed E-state index contributed by atoms with van der Waals surface area (Å²) in [6.07, 6.45) is 2.50. The maximum Gasteiger partial charge on any atom is 0.226 e. The van der Waals surface area contributed by atoms with Gasteiger partial charge < -0.3 is 5.32 Å². The van der Waals surface area contributed by atoms with Crippen molar-refractivity contribution in [2.75, 3.05) is 11.6 Å².